The summed E-state index contributed by atoms with van der Waals surface area (Å²) >= 11 is 0. The zero-order valence-corrected chi connectivity index (χ0v) is 19.6. The lowest BCUT2D eigenvalue weighted by molar-refractivity contribution is -0.119. The molecule has 0 aromatic heterocycles. The molecule has 172 valence electrons. The van der Waals surface area contributed by atoms with Gasteiger partial charge in [-0.05, 0) is 61.7 Å². The Bertz CT molecular complexity index is 1100. The largest absolute Gasteiger partial charge is 0.490 e. The molecule has 2 rings (SSSR count). The molecular formula is C23H29N3O5S. The molecule has 0 aliphatic carbocycles. The molecule has 0 aliphatic heterocycles. The Hall–Kier alpha value is -3.33. The number of hydrazone groups is 1. The van der Waals surface area contributed by atoms with Crippen molar-refractivity contribution in [2.75, 3.05) is 30.3 Å². The van der Waals surface area contributed by atoms with Crippen molar-refractivity contribution in [1.29, 1.82) is 0 Å². The minimum atomic E-state index is -3.67. The van der Waals surface area contributed by atoms with Crippen molar-refractivity contribution in [2.24, 2.45) is 5.10 Å². The first-order valence-electron chi connectivity index (χ1n) is 10.0. The number of hydrogen-bond acceptors (Lipinski definition) is 6. The lowest BCUT2D eigenvalue weighted by atomic mass is 10.1. The van der Waals surface area contributed by atoms with Gasteiger partial charge in [-0.25, -0.2) is 13.8 Å². The number of anilines is 1. The van der Waals surface area contributed by atoms with Crippen molar-refractivity contribution in [1.82, 2.24) is 5.43 Å². The van der Waals surface area contributed by atoms with Crippen LogP contribution in [0, 0.1) is 13.8 Å². The SMILES string of the molecule is C=CCOc1ccc(/C=N\NC(=O)CN(c2cc(C)ccc2C)S(C)(=O)=O)cc1OCC. The molecular weight excluding hydrogens is 430 g/mol. The van der Waals surface area contributed by atoms with Gasteiger partial charge < -0.3 is 9.47 Å². The number of hydrogen-bond donors (Lipinski definition) is 1. The number of rotatable bonds is 11. The van der Waals surface area contributed by atoms with Crippen molar-refractivity contribution in [3.8, 4) is 11.5 Å². The molecule has 9 heteroatoms. The van der Waals surface area contributed by atoms with Gasteiger partial charge in [-0.2, -0.15) is 5.10 Å². The van der Waals surface area contributed by atoms with Crippen LogP contribution in [0.4, 0.5) is 5.69 Å². The topological polar surface area (TPSA) is 97.3 Å². The van der Waals surface area contributed by atoms with Crippen LogP contribution in [-0.4, -0.2) is 46.6 Å². The normalized spacial score (nSPS) is 11.2. The highest BCUT2D eigenvalue weighted by Crippen LogP contribution is 2.28. The molecule has 1 amide bonds. The summed E-state index contributed by atoms with van der Waals surface area (Å²) < 4.78 is 36.8. The number of aryl methyl sites for hydroxylation is 2. The minimum Gasteiger partial charge on any atom is -0.490 e. The fourth-order valence-electron chi connectivity index (χ4n) is 2.85. The van der Waals surface area contributed by atoms with E-state index in [1.54, 1.807) is 37.3 Å². The van der Waals surface area contributed by atoms with Gasteiger partial charge in [-0.3, -0.25) is 9.10 Å². The van der Waals surface area contributed by atoms with Crippen molar-refractivity contribution in [2.45, 2.75) is 20.8 Å². The second kappa shape index (κ2) is 11.3. The molecule has 2 aromatic carbocycles. The number of carbonyl (C=O) groups is 1. The Morgan fingerprint density at radius 3 is 2.56 bits per heavy atom. The van der Waals surface area contributed by atoms with Gasteiger partial charge in [0.15, 0.2) is 11.5 Å². The van der Waals surface area contributed by atoms with Crippen LogP contribution in [0.5, 0.6) is 11.5 Å². The Labute approximate surface area is 189 Å². The lowest BCUT2D eigenvalue weighted by Crippen LogP contribution is -2.39. The average molecular weight is 460 g/mol. The van der Waals surface area contributed by atoms with E-state index >= 15 is 0 Å². The monoisotopic (exact) mass is 459 g/mol. The highest BCUT2D eigenvalue weighted by Gasteiger charge is 2.22. The number of carbonyl (C=O) groups excluding carboxylic acids is 1. The van der Waals surface area contributed by atoms with Gasteiger partial charge in [0.2, 0.25) is 10.0 Å². The molecule has 0 atom stereocenters. The van der Waals surface area contributed by atoms with Gasteiger partial charge in [0, 0.05) is 0 Å². The van der Waals surface area contributed by atoms with Gasteiger partial charge in [0.25, 0.3) is 5.91 Å². The van der Waals surface area contributed by atoms with Gasteiger partial charge >= 0.3 is 0 Å². The molecule has 0 heterocycles. The average Bonchev–Trinajstić information content (AvgIpc) is 2.73. The number of benzene rings is 2. The van der Waals surface area contributed by atoms with E-state index in [1.165, 1.54) is 6.21 Å². The molecule has 2 aromatic rings. The standard InChI is InChI=1S/C23H29N3O5S/c1-6-12-31-21-11-10-19(14-22(21)30-7-2)15-24-25-23(27)16-26(32(5,28)29)20-13-17(3)8-9-18(20)4/h6,8-11,13-15H,1,7,12,16H2,2-5H3,(H,25,27)/b24-15-. The summed E-state index contributed by atoms with van der Waals surface area (Å²) in [5.74, 6) is 0.552. The Morgan fingerprint density at radius 1 is 1.16 bits per heavy atom. The second-order valence-electron chi connectivity index (χ2n) is 7.09. The van der Waals surface area contributed by atoms with Crippen LogP contribution in [-0.2, 0) is 14.8 Å². The van der Waals surface area contributed by atoms with Crippen LogP contribution in [0.2, 0.25) is 0 Å². The van der Waals surface area contributed by atoms with E-state index in [0.29, 0.717) is 36.0 Å². The summed E-state index contributed by atoms with van der Waals surface area (Å²) in [5, 5.41) is 3.94. The Morgan fingerprint density at radius 2 is 1.91 bits per heavy atom. The van der Waals surface area contributed by atoms with Crippen molar-refractivity contribution in [3.63, 3.8) is 0 Å². The Kier molecular flexibility index (Phi) is 8.83. The molecule has 0 bridgehead atoms. The van der Waals surface area contributed by atoms with E-state index in [9.17, 15) is 13.2 Å². The first kappa shape index (κ1) is 24.9. The number of sulfonamides is 1. The molecule has 8 nitrogen and oxygen atoms in total. The molecule has 0 radical (unpaired) electrons. The van der Waals surface area contributed by atoms with Crippen molar-refractivity contribution < 1.29 is 22.7 Å². The van der Waals surface area contributed by atoms with Crippen LogP contribution < -0.4 is 19.2 Å². The van der Waals surface area contributed by atoms with E-state index in [1.807, 2.05) is 26.0 Å². The molecule has 32 heavy (non-hydrogen) atoms. The highest BCUT2D eigenvalue weighted by atomic mass is 32.2. The summed E-state index contributed by atoms with van der Waals surface area (Å²) in [7, 11) is -3.67. The zero-order valence-electron chi connectivity index (χ0n) is 18.8. The summed E-state index contributed by atoms with van der Waals surface area (Å²) in [6, 6.07) is 10.7. The van der Waals surface area contributed by atoms with Gasteiger partial charge in [-0.15, -0.1) is 0 Å². The van der Waals surface area contributed by atoms with Crippen LogP contribution in [0.15, 0.2) is 54.2 Å². The van der Waals surface area contributed by atoms with E-state index in [2.05, 4.69) is 17.1 Å². The molecule has 0 fully saturated rings. The molecule has 1 N–H and O–H groups in total. The quantitative estimate of drug-likeness (QED) is 0.316. The van der Waals surface area contributed by atoms with Crippen molar-refractivity contribution >= 4 is 27.8 Å². The molecule has 0 spiro atoms. The predicted octanol–water partition coefficient (Wildman–Crippen LogP) is 3.18. The number of amides is 1. The summed E-state index contributed by atoms with van der Waals surface area (Å²) in [6.07, 6.45) is 4.15. The number of nitrogens with zero attached hydrogens (tertiary/aromatic N) is 2. The Balaban J connectivity index is 2.12. The summed E-state index contributed by atoms with van der Waals surface area (Å²) in [5.41, 5.74) is 5.15. The van der Waals surface area contributed by atoms with Gasteiger partial charge in [-0.1, -0.05) is 24.8 Å². The summed E-state index contributed by atoms with van der Waals surface area (Å²) in [4.78, 5) is 12.4. The minimum absolute atomic E-state index is 0.348. The van der Waals surface area contributed by atoms with Gasteiger partial charge in [0.05, 0.1) is 24.8 Å². The molecule has 0 saturated carbocycles. The van der Waals surface area contributed by atoms with Crippen LogP contribution in [0.25, 0.3) is 0 Å². The summed E-state index contributed by atoms with van der Waals surface area (Å²) in [6.45, 7) is 9.55. The third kappa shape index (κ3) is 7.12. The fraction of sp³-hybridized carbons (Fsp3) is 0.304. The van der Waals surface area contributed by atoms with Crippen LogP contribution >= 0.6 is 0 Å². The van der Waals surface area contributed by atoms with E-state index < -0.39 is 15.9 Å². The maximum Gasteiger partial charge on any atom is 0.260 e. The maximum atomic E-state index is 12.4. The van der Waals surface area contributed by atoms with Crippen molar-refractivity contribution in [3.05, 3.63) is 65.7 Å². The molecule has 0 unspecified atom stereocenters. The number of nitrogens with one attached hydrogen (secondary N) is 1. The van der Waals surface area contributed by atoms with E-state index in [-0.39, 0.29) is 6.54 Å². The first-order chi connectivity index (χ1) is 15.2. The smallest absolute Gasteiger partial charge is 0.260 e. The zero-order chi connectivity index (χ0) is 23.7. The van der Waals surface area contributed by atoms with Crippen LogP contribution in [0.1, 0.15) is 23.6 Å². The van der Waals surface area contributed by atoms with E-state index in [4.69, 9.17) is 9.47 Å². The molecule has 0 saturated heterocycles. The van der Waals surface area contributed by atoms with Gasteiger partial charge in [0.1, 0.15) is 13.2 Å². The maximum absolute atomic E-state index is 12.4. The van der Waals surface area contributed by atoms with Crippen LogP contribution in [0.3, 0.4) is 0 Å². The third-order valence-electron chi connectivity index (χ3n) is 4.35. The molecule has 0 aliphatic rings. The fourth-order valence-corrected chi connectivity index (χ4v) is 3.76. The number of ether oxygens (including phenoxy) is 2. The third-order valence-corrected chi connectivity index (χ3v) is 5.47. The van der Waals surface area contributed by atoms with E-state index in [0.717, 1.165) is 21.7 Å². The lowest BCUT2D eigenvalue weighted by Gasteiger charge is -2.23. The second-order valence-corrected chi connectivity index (χ2v) is 9.00. The first-order valence-corrected chi connectivity index (χ1v) is 11.9. The highest BCUT2D eigenvalue weighted by molar-refractivity contribution is 7.92. The predicted molar refractivity (Wildman–Crippen MR) is 127 cm³/mol.